The second-order valence-corrected chi connectivity index (χ2v) is 4.62. The molecule has 1 rings (SSSR count). The van der Waals surface area contributed by atoms with Crippen LogP contribution in [0, 0.1) is 0 Å². The molecular formula is C12H21N3O. The summed E-state index contributed by atoms with van der Waals surface area (Å²) in [7, 11) is 5.65. The number of nitrogens with zero attached hydrogens (tertiary/aromatic N) is 2. The Morgan fingerprint density at radius 3 is 2.56 bits per heavy atom. The van der Waals surface area contributed by atoms with Crippen molar-refractivity contribution in [3.05, 3.63) is 24.0 Å². The van der Waals surface area contributed by atoms with Gasteiger partial charge in [-0.15, -0.1) is 0 Å². The highest BCUT2D eigenvalue weighted by molar-refractivity contribution is 5.31. The minimum Gasteiger partial charge on any atom is -0.495 e. The van der Waals surface area contributed by atoms with Gasteiger partial charge in [0.2, 0.25) is 0 Å². The summed E-state index contributed by atoms with van der Waals surface area (Å²) in [5.74, 6) is 0.741. The fourth-order valence-corrected chi connectivity index (χ4v) is 1.42. The van der Waals surface area contributed by atoms with Gasteiger partial charge < -0.3 is 15.4 Å². The van der Waals surface area contributed by atoms with Crippen molar-refractivity contribution in [3.8, 4) is 5.75 Å². The van der Waals surface area contributed by atoms with Gasteiger partial charge in [-0.25, -0.2) is 0 Å². The monoisotopic (exact) mass is 223 g/mol. The first kappa shape index (κ1) is 12.9. The summed E-state index contributed by atoms with van der Waals surface area (Å²) in [6.07, 6.45) is 1.74. The zero-order chi connectivity index (χ0) is 12.3. The Kier molecular flexibility index (Phi) is 3.88. The fourth-order valence-electron chi connectivity index (χ4n) is 1.42. The van der Waals surface area contributed by atoms with Gasteiger partial charge in [-0.3, -0.25) is 4.98 Å². The molecule has 90 valence electrons. The lowest BCUT2D eigenvalue weighted by molar-refractivity contribution is 0.155. The van der Waals surface area contributed by atoms with Crippen molar-refractivity contribution < 1.29 is 4.74 Å². The van der Waals surface area contributed by atoms with Crippen molar-refractivity contribution >= 4 is 0 Å². The number of pyridine rings is 1. The molecule has 1 aromatic rings. The van der Waals surface area contributed by atoms with Gasteiger partial charge in [-0.05, 0) is 40.1 Å². The lowest BCUT2D eigenvalue weighted by atomic mass is 9.90. The zero-order valence-electron chi connectivity index (χ0n) is 10.7. The van der Waals surface area contributed by atoms with Crippen LogP contribution in [0.4, 0.5) is 0 Å². The maximum atomic E-state index is 6.27. The third kappa shape index (κ3) is 2.33. The van der Waals surface area contributed by atoms with Crippen LogP contribution in [0.3, 0.4) is 0 Å². The normalized spacial score (nSPS) is 13.9. The lowest BCUT2D eigenvalue weighted by Crippen LogP contribution is -2.47. The van der Waals surface area contributed by atoms with Crippen LogP contribution >= 0.6 is 0 Å². The molecule has 0 aliphatic rings. The van der Waals surface area contributed by atoms with Gasteiger partial charge in [-0.2, -0.15) is 0 Å². The molecule has 0 aromatic carbocycles. The van der Waals surface area contributed by atoms with Gasteiger partial charge in [-0.1, -0.05) is 0 Å². The van der Waals surface area contributed by atoms with Crippen LogP contribution in [0.2, 0.25) is 0 Å². The van der Waals surface area contributed by atoms with Gasteiger partial charge in [0.1, 0.15) is 11.4 Å². The Bertz CT molecular complexity index is 350. The Balaban J connectivity index is 3.09. The van der Waals surface area contributed by atoms with Crippen LogP contribution in [-0.4, -0.2) is 36.6 Å². The van der Waals surface area contributed by atoms with Crippen LogP contribution in [0.25, 0.3) is 0 Å². The van der Waals surface area contributed by atoms with E-state index < -0.39 is 0 Å². The molecule has 1 aromatic heterocycles. The molecule has 4 nitrogen and oxygen atoms in total. The average Bonchev–Trinajstić information content (AvgIpc) is 2.27. The molecule has 1 atom stereocenters. The van der Waals surface area contributed by atoms with E-state index in [4.69, 9.17) is 10.5 Å². The summed E-state index contributed by atoms with van der Waals surface area (Å²) in [5, 5.41) is 0. The summed E-state index contributed by atoms with van der Waals surface area (Å²) in [5.41, 5.74) is 6.88. The van der Waals surface area contributed by atoms with E-state index in [0.717, 1.165) is 11.4 Å². The van der Waals surface area contributed by atoms with Crippen LogP contribution in [0.15, 0.2) is 18.3 Å². The Morgan fingerprint density at radius 1 is 1.44 bits per heavy atom. The van der Waals surface area contributed by atoms with E-state index in [1.165, 1.54) is 0 Å². The number of hydrogen-bond donors (Lipinski definition) is 1. The number of methoxy groups -OCH3 is 1. The highest BCUT2D eigenvalue weighted by Gasteiger charge is 2.32. The molecule has 1 heterocycles. The van der Waals surface area contributed by atoms with Crippen molar-refractivity contribution in [2.45, 2.75) is 25.4 Å². The molecular weight excluding hydrogens is 202 g/mol. The topological polar surface area (TPSA) is 51.4 Å². The van der Waals surface area contributed by atoms with Crippen LogP contribution in [-0.2, 0) is 0 Å². The van der Waals surface area contributed by atoms with Gasteiger partial charge >= 0.3 is 0 Å². The number of ether oxygens (including phenoxy) is 1. The molecule has 1 unspecified atom stereocenters. The average molecular weight is 223 g/mol. The van der Waals surface area contributed by atoms with E-state index in [0.29, 0.717) is 0 Å². The fraction of sp³-hybridized carbons (Fsp3) is 0.583. The smallest absolute Gasteiger partial charge is 0.142 e. The van der Waals surface area contributed by atoms with Crippen molar-refractivity contribution in [1.29, 1.82) is 0 Å². The summed E-state index contributed by atoms with van der Waals surface area (Å²) in [6, 6.07) is 3.53. The summed E-state index contributed by atoms with van der Waals surface area (Å²) in [4.78, 5) is 6.41. The molecule has 0 bridgehead atoms. The van der Waals surface area contributed by atoms with Crippen LogP contribution < -0.4 is 10.5 Å². The number of hydrogen-bond acceptors (Lipinski definition) is 4. The molecule has 0 saturated heterocycles. The van der Waals surface area contributed by atoms with E-state index in [1.54, 1.807) is 13.3 Å². The Hall–Kier alpha value is -1.13. The van der Waals surface area contributed by atoms with Crippen molar-refractivity contribution in [1.82, 2.24) is 9.88 Å². The van der Waals surface area contributed by atoms with Gasteiger partial charge in [0.15, 0.2) is 0 Å². The van der Waals surface area contributed by atoms with E-state index in [9.17, 15) is 0 Å². The van der Waals surface area contributed by atoms with Gasteiger partial charge in [0.25, 0.3) is 0 Å². The minimum absolute atomic E-state index is 0.179. The number of likely N-dealkylation sites (N-methyl/N-ethyl adjacent to an activating group) is 1. The standard InChI is InChI=1S/C12H21N3O/c1-12(2,15(3)4)11(13)10-9(16-5)7-6-8-14-10/h6-8,11H,13H2,1-5H3. The molecule has 4 heteroatoms. The Labute approximate surface area is 97.4 Å². The second kappa shape index (κ2) is 4.80. The van der Waals surface area contributed by atoms with Crippen molar-refractivity contribution in [2.75, 3.05) is 21.2 Å². The predicted molar refractivity (Wildman–Crippen MR) is 65.5 cm³/mol. The Morgan fingerprint density at radius 2 is 2.06 bits per heavy atom. The van der Waals surface area contributed by atoms with Crippen LogP contribution in [0.1, 0.15) is 25.6 Å². The van der Waals surface area contributed by atoms with Crippen molar-refractivity contribution in [2.24, 2.45) is 5.73 Å². The van der Waals surface area contributed by atoms with Gasteiger partial charge in [0, 0.05) is 11.7 Å². The summed E-state index contributed by atoms with van der Waals surface area (Å²) in [6.45, 7) is 4.18. The molecule has 0 amide bonds. The molecule has 0 fully saturated rings. The second-order valence-electron chi connectivity index (χ2n) is 4.62. The molecule has 0 aliphatic carbocycles. The molecule has 0 aliphatic heterocycles. The quantitative estimate of drug-likeness (QED) is 0.839. The third-order valence-electron chi connectivity index (χ3n) is 3.23. The molecule has 0 saturated carbocycles. The third-order valence-corrected chi connectivity index (χ3v) is 3.23. The number of aromatic nitrogens is 1. The minimum atomic E-state index is -0.196. The summed E-state index contributed by atoms with van der Waals surface area (Å²) >= 11 is 0. The number of rotatable bonds is 4. The van der Waals surface area contributed by atoms with E-state index in [1.807, 2.05) is 26.2 Å². The first-order chi connectivity index (χ1) is 7.41. The summed E-state index contributed by atoms with van der Waals surface area (Å²) < 4.78 is 5.28. The van der Waals surface area contributed by atoms with Crippen LogP contribution in [0.5, 0.6) is 5.75 Å². The van der Waals surface area contributed by atoms with Crippen molar-refractivity contribution in [3.63, 3.8) is 0 Å². The van der Waals surface area contributed by atoms with E-state index >= 15 is 0 Å². The predicted octanol–water partition coefficient (Wildman–Crippen LogP) is 1.43. The maximum Gasteiger partial charge on any atom is 0.142 e. The zero-order valence-corrected chi connectivity index (χ0v) is 10.7. The van der Waals surface area contributed by atoms with E-state index in [-0.39, 0.29) is 11.6 Å². The first-order valence-corrected chi connectivity index (χ1v) is 5.33. The largest absolute Gasteiger partial charge is 0.495 e. The maximum absolute atomic E-state index is 6.27. The first-order valence-electron chi connectivity index (χ1n) is 5.33. The molecule has 0 spiro atoms. The molecule has 2 N–H and O–H groups in total. The molecule has 16 heavy (non-hydrogen) atoms. The van der Waals surface area contributed by atoms with E-state index in [2.05, 4.69) is 23.7 Å². The lowest BCUT2D eigenvalue weighted by Gasteiger charge is -2.38. The highest BCUT2D eigenvalue weighted by atomic mass is 16.5. The SMILES string of the molecule is COc1cccnc1C(N)C(C)(C)N(C)C. The van der Waals surface area contributed by atoms with Gasteiger partial charge in [0.05, 0.1) is 13.2 Å². The number of nitrogens with two attached hydrogens (primary N) is 1. The molecule has 0 radical (unpaired) electrons. The highest BCUT2D eigenvalue weighted by Crippen LogP contribution is 2.30.